The Bertz CT molecular complexity index is 898. The number of nitrogens with one attached hydrogen (secondary N) is 1. The van der Waals surface area contributed by atoms with Gasteiger partial charge in [0.2, 0.25) is 5.91 Å². The topological polar surface area (TPSA) is 71.7 Å². The molecular formula is C20H21NO4. The van der Waals surface area contributed by atoms with Crippen molar-refractivity contribution in [3.63, 3.8) is 0 Å². The molecule has 3 rings (SSSR count). The van der Waals surface area contributed by atoms with Crippen LogP contribution in [-0.4, -0.2) is 24.7 Å². The van der Waals surface area contributed by atoms with Gasteiger partial charge in [-0.15, -0.1) is 0 Å². The Labute approximate surface area is 146 Å². The van der Waals surface area contributed by atoms with E-state index in [1.54, 1.807) is 25.3 Å². The van der Waals surface area contributed by atoms with Crippen LogP contribution in [0, 0.1) is 0 Å². The second-order valence-corrected chi connectivity index (χ2v) is 5.95. The zero-order valence-electron chi connectivity index (χ0n) is 14.3. The van der Waals surface area contributed by atoms with Gasteiger partial charge in [0.1, 0.15) is 22.8 Å². The second kappa shape index (κ2) is 7.30. The predicted molar refractivity (Wildman–Crippen MR) is 96.1 cm³/mol. The highest BCUT2D eigenvalue weighted by molar-refractivity contribution is 5.84. The van der Waals surface area contributed by atoms with Crippen LogP contribution in [0.2, 0.25) is 0 Å². The first-order valence-corrected chi connectivity index (χ1v) is 8.17. The Balaban J connectivity index is 1.95. The smallest absolute Gasteiger partial charge is 0.216 e. The molecule has 1 aromatic heterocycles. The van der Waals surface area contributed by atoms with Gasteiger partial charge in [0.25, 0.3) is 0 Å². The summed E-state index contributed by atoms with van der Waals surface area (Å²) < 4.78 is 11.3. The first kappa shape index (κ1) is 16.9. The molecule has 5 nitrogen and oxygen atoms in total. The molecule has 2 N–H and O–H groups in total. The molecule has 0 saturated carbocycles. The van der Waals surface area contributed by atoms with Gasteiger partial charge in [-0.3, -0.25) is 4.79 Å². The quantitative estimate of drug-likeness (QED) is 0.722. The Morgan fingerprint density at radius 2 is 2.08 bits per heavy atom. The van der Waals surface area contributed by atoms with E-state index >= 15 is 0 Å². The van der Waals surface area contributed by atoms with E-state index in [2.05, 4.69) is 5.32 Å². The molecule has 0 fully saturated rings. The summed E-state index contributed by atoms with van der Waals surface area (Å²) in [5.74, 6) is 1.76. The third-order valence-corrected chi connectivity index (χ3v) is 4.11. The number of amides is 1. The first-order chi connectivity index (χ1) is 12.1. The molecule has 1 heterocycles. The van der Waals surface area contributed by atoms with E-state index in [1.807, 2.05) is 24.3 Å². The number of fused-ring (bicyclic) bond motifs is 1. The molecule has 0 saturated heterocycles. The highest BCUT2D eigenvalue weighted by Gasteiger charge is 2.15. The molecule has 0 radical (unpaired) electrons. The number of phenols is 1. The molecule has 0 aliphatic carbocycles. The van der Waals surface area contributed by atoms with E-state index in [0.717, 1.165) is 33.6 Å². The fourth-order valence-corrected chi connectivity index (χ4v) is 2.94. The number of ether oxygens (including phenoxy) is 1. The van der Waals surface area contributed by atoms with Gasteiger partial charge in [-0.05, 0) is 42.3 Å². The number of hydrogen-bond donors (Lipinski definition) is 2. The summed E-state index contributed by atoms with van der Waals surface area (Å²) in [6.07, 6.45) is 1.25. The third kappa shape index (κ3) is 3.94. The lowest BCUT2D eigenvalue weighted by atomic mass is 10.0. The van der Waals surface area contributed by atoms with Crippen LogP contribution in [0.3, 0.4) is 0 Å². The number of carbonyl (C=O) groups excluding carboxylic acids is 1. The largest absolute Gasteiger partial charge is 0.508 e. The number of carbonyl (C=O) groups is 1. The monoisotopic (exact) mass is 339 g/mol. The molecule has 0 aliphatic rings. The highest BCUT2D eigenvalue weighted by Crippen LogP contribution is 2.31. The summed E-state index contributed by atoms with van der Waals surface area (Å²) in [6.45, 7) is 2.02. The van der Waals surface area contributed by atoms with Crippen LogP contribution in [0.15, 0.2) is 46.9 Å². The maximum atomic E-state index is 11.1. The molecule has 0 bridgehead atoms. The number of phenolic OH excluding ortho intramolecular Hbond substituents is 1. The fraction of sp³-hybridized carbons (Fsp3) is 0.250. The summed E-state index contributed by atoms with van der Waals surface area (Å²) in [5, 5.41) is 13.5. The van der Waals surface area contributed by atoms with Gasteiger partial charge >= 0.3 is 0 Å². The molecular weight excluding hydrogens is 318 g/mol. The van der Waals surface area contributed by atoms with Crippen LogP contribution in [0.4, 0.5) is 0 Å². The van der Waals surface area contributed by atoms with Crippen molar-refractivity contribution in [2.24, 2.45) is 0 Å². The lowest BCUT2D eigenvalue weighted by Gasteiger charge is -2.06. The molecule has 1 amide bonds. The van der Waals surface area contributed by atoms with Crippen molar-refractivity contribution >= 4 is 16.9 Å². The zero-order valence-corrected chi connectivity index (χ0v) is 14.3. The maximum Gasteiger partial charge on any atom is 0.216 e. The van der Waals surface area contributed by atoms with Crippen LogP contribution in [0.25, 0.3) is 11.0 Å². The second-order valence-electron chi connectivity index (χ2n) is 5.95. The van der Waals surface area contributed by atoms with E-state index in [-0.39, 0.29) is 11.7 Å². The molecule has 0 spiro atoms. The van der Waals surface area contributed by atoms with Crippen molar-refractivity contribution in [2.45, 2.75) is 19.8 Å². The number of rotatable bonds is 6. The molecule has 0 unspecified atom stereocenters. The van der Waals surface area contributed by atoms with Crippen LogP contribution < -0.4 is 10.1 Å². The van der Waals surface area contributed by atoms with E-state index < -0.39 is 0 Å². The lowest BCUT2D eigenvalue weighted by Crippen LogP contribution is -2.22. The minimum Gasteiger partial charge on any atom is -0.508 e. The van der Waals surface area contributed by atoms with Crippen LogP contribution >= 0.6 is 0 Å². The van der Waals surface area contributed by atoms with Crippen molar-refractivity contribution in [1.29, 1.82) is 0 Å². The molecule has 25 heavy (non-hydrogen) atoms. The van der Waals surface area contributed by atoms with Crippen molar-refractivity contribution in [3.8, 4) is 11.5 Å². The number of hydrogen-bond acceptors (Lipinski definition) is 4. The summed E-state index contributed by atoms with van der Waals surface area (Å²) in [5.41, 5.74) is 2.80. The van der Waals surface area contributed by atoms with Gasteiger partial charge < -0.3 is 19.6 Å². The van der Waals surface area contributed by atoms with Crippen molar-refractivity contribution in [3.05, 3.63) is 59.4 Å². The normalized spacial score (nSPS) is 10.8. The zero-order chi connectivity index (χ0) is 17.8. The van der Waals surface area contributed by atoms with Gasteiger partial charge in [-0.2, -0.15) is 0 Å². The van der Waals surface area contributed by atoms with E-state index in [4.69, 9.17) is 9.15 Å². The Kier molecular flexibility index (Phi) is 4.93. The van der Waals surface area contributed by atoms with Crippen LogP contribution in [0.5, 0.6) is 11.5 Å². The van der Waals surface area contributed by atoms with Gasteiger partial charge in [-0.1, -0.05) is 12.1 Å². The van der Waals surface area contributed by atoms with Gasteiger partial charge in [-0.25, -0.2) is 0 Å². The molecule has 130 valence electrons. The Morgan fingerprint density at radius 3 is 2.84 bits per heavy atom. The Morgan fingerprint density at radius 1 is 1.24 bits per heavy atom. The SMILES string of the molecule is COc1cccc(Cc2oc3ccc(O)cc3c2CCNC(C)=O)c1. The Hall–Kier alpha value is -2.95. The first-order valence-electron chi connectivity index (χ1n) is 8.17. The number of furan rings is 1. The van der Waals surface area contributed by atoms with E-state index in [0.29, 0.717) is 19.4 Å². The average molecular weight is 339 g/mol. The predicted octanol–water partition coefficient (Wildman–Crippen LogP) is 3.42. The van der Waals surface area contributed by atoms with E-state index in [1.165, 1.54) is 6.92 Å². The molecule has 0 aliphatic heterocycles. The van der Waals surface area contributed by atoms with Crippen LogP contribution in [0.1, 0.15) is 23.8 Å². The van der Waals surface area contributed by atoms with Gasteiger partial charge in [0.05, 0.1) is 7.11 Å². The molecule has 2 aromatic carbocycles. The fourth-order valence-electron chi connectivity index (χ4n) is 2.94. The number of aromatic hydroxyl groups is 1. The van der Waals surface area contributed by atoms with Crippen LogP contribution in [-0.2, 0) is 17.6 Å². The summed E-state index contributed by atoms with van der Waals surface area (Å²) >= 11 is 0. The number of methoxy groups -OCH3 is 1. The van der Waals surface area contributed by atoms with Gasteiger partial charge in [0.15, 0.2) is 0 Å². The summed E-state index contributed by atoms with van der Waals surface area (Å²) in [6, 6.07) is 12.9. The maximum absolute atomic E-state index is 11.1. The van der Waals surface area contributed by atoms with Crippen molar-refractivity contribution in [2.75, 3.05) is 13.7 Å². The van der Waals surface area contributed by atoms with Gasteiger partial charge in [0, 0.05) is 30.8 Å². The van der Waals surface area contributed by atoms with Crippen molar-refractivity contribution in [1.82, 2.24) is 5.32 Å². The summed E-state index contributed by atoms with van der Waals surface area (Å²) in [7, 11) is 1.64. The third-order valence-electron chi connectivity index (χ3n) is 4.11. The number of benzene rings is 2. The van der Waals surface area contributed by atoms with Crippen molar-refractivity contribution < 1.29 is 19.1 Å². The summed E-state index contributed by atoms with van der Waals surface area (Å²) in [4.78, 5) is 11.1. The average Bonchev–Trinajstić information content (AvgIpc) is 2.91. The molecule has 5 heteroatoms. The lowest BCUT2D eigenvalue weighted by molar-refractivity contribution is -0.118. The minimum absolute atomic E-state index is 0.0648. The standard InChI is InChI=1S/C20H21NO4/c1-13(22)21-9-8-17-18-12-15(23)6-7-19(18)25-20(17)11-14-4-3-5-16(10-14)24-2/h3-7,10,12,23H,8-9,11H2,1-2H3,(H,21,22). The highest BCUT2D eigenvalue weighted by atomic mass is 16.5. The molecule has 3 aromatic rings. The molecule has 0 atom stereocenters. The minimum atomic E-state index is -0.0648. The van der Waals surface area contributed by atoms with E-state index in [9.17, 15) is 9.90 Å².